The van der Waals surface area contributed by atoms with Gasteiger partial charge < -0.3 is 15.0 Å². The predicted molar refractivity (Wildman–Crippen MR) is 122 cm³/mol. The van der Waals surface area contributed by atoms with Gasteiger partial charge in [0.15, 0.2) is 0 Å². The number of nitrogens with one attached hydrogen (secondary N) is 1. The number of hydrogen-bond donors (Lipinski definition) is 2. The molecule has 4 aromatic rings. The van der Waals surface area contributed by atoms with Gasteiger partial charge in [0.2, 0.25) is 0 Å². The summed E-state index contributed by atoms with van der Waals surface area (Å²) in [6.07, 6.45) is 5.06. The van der Waals surface area contributed by atoms with E-state index in [1.165, 1.54) is 4.90 Å². The summed E-state index contributed by atoms with van der Waals surface area (Å²) in [4.78, 5) is 35.0. The number of benzene rings is 2. The van der Waals surface area contributed by atoms with Crippen LogP contribution < -0.4 is 0 Å². The van der Waals surface area contributed by atoms with E-state index in [1.807, 2.05) is 24.3 Å². The number of aromatic nitrogens is 2. The maximum absolute atomic E-state index is 13.2. The number of likely N-dealkylation sites (tertiary alicyclic amines) is 1. The number of aliphatic hydroxyl groups excluding tert-OH is 1. The van der Waals surface area contributed by atoms with Gasteiger partial charge >= 0.3 is 0 Å². The molecule has 158 valence electrons. The van der Waals surface area contributed by atoms with Crippen molar-refractivity contribution in [1.82, 2.24) is 14.9 Å². The van der Waals surface area contributed by atoms with Gasteiger partial charge in [-0.15, -0.1) is 0 Å². The molecule has 2 aromatic heterocycles. The number of rotatable bonds is 4. The number of Topliss-reactive ketones (excluding diaryl/α,β-unsaturated/α-hetero) is 1. The van der Waals surface area contributed by atoms with Crippen LogP contribution in [0.3, 0.4) is 0 Å². The number of halogens is 1. The van der Waals surface area contributed by atoms with E-state index in [1.54, 1.807) is 55.0 Å². The summed E-state index contributed by atoms with van der Waals surface area (Å²) in [6.45, 7) is 0.198. The van der Waals surface area contributed by atoms with Crippen molar-refractivity contribution in [3.05, 3.63) is 107 Å². The van der Waals surface area contributed by atoms with E-state index in [-0.39, 0.29) is 17.9 Å². The molecule has 1 aliphatic rings. The van der Waals surface area contributed by atoms with E-state index in [2.05, 4.69) is 9.97 Å². The highest BCUT2D eigenvalue weighted by Gasteiger charge is 2.46. The molecular formula is C25H18ClN3O3. The molecule has 0 radical (unpaired) electrons. The first-order valence-electron chi connectivity index (χ1n) is 10.0. The number of amides is 1. The minimum Gasteiger partial charge on any atom is -0.507 e. The average Bonchev–Trinajstić information content (AvgIpc) is 3.34. The number of carbonyl (C=O) groups excluding carboxylic acids is 2. The minimum absolute atomic E-state index is 0.0380. The Morgan fingerprint density at radius 2 is 1.84 bits per heavy atom. The second kappa shape index (κ2) is 7.98. The molecule has 0 bridgehead atoms. The Labute approximate surface area is 188 Å². The van der Waals surface area contributed by atoms with E-state index >= 15 is 0 Å². The van der Waals surface area contributed by atoms with E-state index in [0.29, 0.717) is 10.6 Å². The number of carbonyl (C=O) groups is 2. The van der Waals surface area contributed by atoms with Crippen LogP contribution in [0.5, 0.6) is 0 Å². The first-order valence-corrected chi connectivity index (χ1v) is 10.4. The van der Waals surface area contributed by atoms with Crippen molar-refractivity contribution < 1.29 is 14.7 Å². The van der Waals surface area contributed by atoms with Crippen molar-refractivity contribution in [1.29, 1.82) is 0 Å². The molecule has 1 unspecified atom stereocenters. The lowest BCUT2D eigenvalue weighted by atomic mass is 9.95. The third-order valence-corrected chi connectivity index (χ3v) is 5.89. The van der Waals surface area contributed by atoms with Gasteiger partial charge in [0.25, 0.3) is 11.7 Å². The molecule has 2 N–H and O–H groups in total. The number of hydrogen-bond acceptors (Lipinski definition) is 4. The Morgan fingerprint density at radius 1 is 1.06 bits per heavy atom. The second-order valence-electron chi connectivity index (χ2n) is 7.58. The van der Waals surface area contributed by atoms with Gasteiger partial charge in [-0.1, -0.05) is 41.9 Å². The van der Waals surface area contributed by atoms with Crippen LogP contribution in [-0.4, -0.2) is 31.7 Å². The first-order chi connectivity index (χ1) is 15.5. The highest BCUT2D eigenvalue weighted by atomic mass is 35.5. The molecule has 1 saturated heterocycles. The van der Waals surface area contributed by atoms with Gasteiger partial charge in [0, 0.05) is 52.2 Å². The number of para-hydroxylation sites is 1. The Balaban J connectivity index is 1.72. The largest absolute Gasteiger partial charge is 0.507 e. The van der Waals surface area contributed by atoms with Crippen LogP contribution in [0.25, 0.3) is 16.7 Å². The van der Waals surface area contributed by atoms with E-state index in [4.69, 9.17) is 11.6 Å². The molecular weight excluding hydrogens is 426 g/mol. The number of aliphatic hydroxyl groups is 1. The van der Waals surface area contributed by atoms with Gasteiger partial charge in [-0.25, -0.2) is 0 Å². The number of fused-ring (bicyclic) bond motifs is 1. The lowest BCUT2D eigenvalue weighted by molar-refractivity contribution is -0.140. The molecule has 6 nitrogen and oxygen atoms in total. The zero-order valence-electron chi connectivity index (χ0n) is 16.8. The SMILES string of the molecule is O=C1C(=O)N(Cc2ccncc2)C(c2c[nH]c3ccccc23)/C1=C(\O)c1cccc(Cl)c1. The molecule has 0 spiro atoms. The Hall–Kier alpha value is -3.90. The summed E-state index contributed by atoms with van der Waals surface area (Å²) < 4.78 is 0. The van der Waals surface area contributed by atoms with Gasteiger partial charge in [0.05, 0.1) is 11.6 Å². The summed E-state index contributed by atoms with van der Waals surface area (Å²) in [7, 11) is 0. The van der Waals surface area contributed by atoms with Crippen LogP contribution in [-0.2, 0) is 16.1 Å². The van der Waals surface area contributed by atoms with Crippen LogP contribution >= 0.6 is 11.6 Å². The van der Waals surface area contributed by atoms with Crippen molar-refractivity contribution in [3.8, 4) is 0 Å². The van der Waals surface area contributed by atoms with Gasteiger partial charge in [-0.05, 0) is 35.9 Å². The zero-order valence-corrected chi connectivity index (χ0v) is 17.6. The topological polar surface area (TPSA) is 86.3 Å². The monoisotopic (exact) mass is 443 g/mol. The van der Waals surface area contributed by atoms with Crippen molar-refractivity contribution in [2.75, 3.05) is 0 Å². The zero-order chi connectivity index (χ0) is 22.2. The second-order valence-corrected chi connectivity index (χ2v) is 8.02. The van der Waals surface area contributed by atoms with Crippen LogP contribution in [0.15, 0.2) is 84.8 Å². The van der Waals surface area contributed by atoms with Gasteiger partial charge in [-0.3, -0.25) is 14.6 Å². The molecule has 3 heterocycles. The third kappa shape index (κ3) is 3.35. The predicted octanol–water partition coefficient (Wildman–Crippen LogP) is 4.84. The fourth-order valence-electron chi connectivity index (χ4n) is 4.16. The average molecular weight is 444 g/mol. The van der Waals surface area contributed by atoms with Crippen molar-refractivity contribution in [2.45, 2.75) is 12.6 Å². The molecule has 1 aliphatic heterocycles. The molecule has 5 rings (SSSR count). The van der Waals surface area contributed by atoms with E-state index in [0.717, 1.165) is 22.0 Å². The van der Waals surface area contributed by atoms with Crippen LogP contribution in [0.4, 0.5) is 0 Å². The van der Waals surface area contributed by atoms with Crippen LogP contribution in [0.1, 0.15) is 22.7 Å². The number of H-pyrrole nitrogens is 1. The van der Waals surface area contributed by atoms with E-state index in [9.17, 15) is 14.7 Å². The molecule has 7 heteroatoms. The summed E-state index contributed by atoms with van der Waals surface area (Å²) >= 11 is 6.10. The molecule has 32 heavy (non-hydrogen) atoms. The Kier molecular flexibility index (Phi) is 4.99. The lowest BCUT2D eigenvalue weighted by Gasteiger charge is -2.25. The molecule has 0 saturated carbocycles. The molecule has 1 amide bonds. The maximum atomic E-state index is 13.2. The van der Waals surface area contributed by atoms with Gasteiger partial charge in [-0.2, -0.15) is 0 Å². The number of aromatic amines is 1. The van der Waals surface area contributed by atoms with Gasteiger partial charge in [0.1, 0.15) is 5.76 Å². The molecule has 0 aliphatic carbocycles. The number of pyridine rings is 1. The summed E-state index contributed by atoms with van der Waals surface area (Å²) in [5.74, 6) is -1.65. The van der Waals surface area contributed by atoms with Crippen LogP contribution in [0, 0.1) is 0 Å². The van der Waals surface area contributed by atoms with Crippen molar-refractivity contribution >= 4 is 40.0 Å². The normalized spacial score (nSPS) is 17.9. The smallest absolute Gasteiger partial charge is 0.295 e. The highest BCUT2D eigenvalue weighted by molar-refractivity contribution is 6.46. The minimum atomic E-state index is -0.765. The Bertz CT molecular complexity index is 1380. The maximum Gasteiger partial charge on any atom is 0.295 e. The summed E-state index contributed by atoms with van der Waals surface area (Å²) in [5.41, 5.74) is 2.85. The van der Waals surface area contributed by atoms with E-state index < -0.39 is 17.7 Å². The van der Waals surface area contributed by atoms with Crippen molar-refractivity contribution in [3.63, 3.8) is 0 Å². The standard InChI is InChI=1S/C25H18ClN3O3/c26-17-5-3-4-16(12-17)23(30)21-22(19-13-28-20-7-2-1-6-18(19)20)29(25(32)24(21)31)14-15-8-10-27-11-9-15/h1-13,22,28,30H,14H2/b23-21+. The van der Waals surface area contributed by atoms with Crippen molar-refractivity contribution in [2.24, 2.45) is 0 Å². The highest BCUT2D eigenvalue weighted by Crippen LogP contribution is 2.42. The summed E-state index contributed by atoms with van der Waals surface area (Å²) in [5, 5.41) is 12.5. The Morgan fingerprint density at radius 3 is 2.62 bits per heavy atom. The first kappa shape index (κ1) is 20.0. The quantitative estimate of drug-likeness (QED) is 0.268. The fraction of sp³-hybridized carbons (Fsp3) is 0.0800. The molecule has 1 fully saturated rings. The lowest BCUT2D eigenvalue weighted by Crippen LogP contribution is -2.29. The third-order valence-electron chi connectivity index (χ3n) is 5.66. The summed E-state index contributed by atoms with van der Waals surface area (Å²) in [6, 6.07) is 17.1. The molecule has 2 aromatic carbocycles. The fourth-order valence-corrected chi connectivity index (χ4v) is 4.35. The van der Waals surface area contributed by atoms with Crippen LogP contribution in [0.2, 0.25) is 5.02 Å². The number of nitrogens with zero attached hydrogens (tertiary/aromatic N) is 2. The molecule has 1 atom stereocenters. The number of ketones is 1.